The molecule has 0 N–H and O–H groups in total. The lowest BCUT2D eigenvalue weighted by molar-refractivity contribution is 0.170. The van der Waals surface area contributed by atoms with Crippen LogP contribution in [-0.2, 0) is 6.42 Å². The van der Waals surface area contributed by atoms with Crippen LogP contribution in [-0.4, -0.2) is 21.1 Å². The van der Waals surface area contributed by atoms with Crippen molar-refractivity contribution in [2.24, 2.45) is 5.41 Å². The first-order valence-electron chi connectivity index (χ1n) is 11.8. The number of imidazole rings is 1. The highest BCUT2D eigenvalue weighted by Gasteiger charge is 2.54. The first-order valence-corrected chi connectivity index (χ1v) is 11.8. The van der Waals surface area contributed by atoms with E-state index in [4.69, 9.17) is 4.98 Å². The summed E-state index contributed by atoms with van der Waals surface area (Å²) < 4.78 is 2.40. The average molecular weight is 400 g/mol. The lowest BCUT2D eigenvalue weighted by atomic mass is 9.68. The average Bonchev–Trinajstić information content (AvgIpc) is 3.31. The van der Waals surface area contributed by atoms with E-state index in [9.17, 15) is 0 Å². The predicted octanol–water partition coefficient (Wildman–Crippen LogP) is 6.57. The summed E-state index contributed by atoms with van der Waals surface area (Å²) in [6.07, 6.45) is 9.21. The van der Waals surface area contributed by atoms with Gasteiger partial charge in [0.2, 0.25) is 0 Å². The fraction of sp³-hybridized carbons (Fsp3) is 0.519. The Morgan fingerprint density at radius 3 is 2.57 bits per heavy atom. The molecule has 3 heteroatoms. The van der Waals surface area contributed by atoms with Gasteiger partial charge in [0.25, 0.3) is 0 Å². The monoisotopic (exact) mass is 399 g/mol. The quantitative estimate of drug-likeness (QED) is 0.361. The molecule has 1 spiro atoms. The number of hydrogen-bond acceptors (Lipinski definition) is 2. The van der Waals surface area contributed by atoms with E-state index in [2.05, 4.69) is 73.6 Å². The Balaban J connectivity index is 1.55. The summed E-state index contributed by atoms with van der Waals surface area (Å²) >= 11 is 0. The van der Waals surface area contributed by atoms with Gasteiger partial charge in [0.1, 0.15) is 11.3 Å². The number of fused-ring (bicyclic) bond motifs is 5. The first kappa shape index (κ1) is 18.5. The molecule has 6 rings (SSSR count). The van der Waals surface area contributed by atoms with Crippen LogP contribution in [0.15, 0.2) is 36.4 Å². The van der Waals surface area contributed by atoms with Crippen molar-refractivity contribution in [3.63, 3.8) is 0 Å². The normalized spacial score (nSPS) is 23.9. The van der Waals surface area contributed by atoms with Crippen LogP contribution in [0.4, 0.5) is 5.69 Å². The number of para-hydroxylation sites is 1. The summed E-state index contributed by atoms with van der Waals surface area (Å²) in [7, 11) is 0. The molecule has 2 fully saturated rings. The van der Waals surface area contributed by atoms with Crippen molar-refractivity contribution in [2.45, 2.75) is 84.2 Å². The zero-order chi connectivity index (χ0) is 20.7. The van der Waals surface area contributed by atoms with E-state index in [1.165, 1.54) is 77.9 Å². The number of rotatable bonds is 1. The van der Waals surface area contributed by atoms with Crippen molar-refractivity contribution in [3.05, 3.63) is 53.3 Å². The van der Waals surface area contributed by atoms with Crippen molar-refractivity contribution in [3.8, 4) is 5.69 Å². The minimum atomic E-state index is 0.155. The SMILES string of the molecule is Cc1ccc2c(nc3n2-c2ccccc2C3)c1N1C(C)C2(CCCCC2)CC1(C)C. The molecule has 3 heterocycles. The van der Waals surface area contributed by atoms with Gasteiger partial charge in [-0.05, 0) is 75.6 Å². The van der Waals surface area contributed by atoms with Gasteiger partial charge in [-0.1, -0.05) is 43.5 Å². The van der Waals surface area contributed by atoms with Gasteiger partial charge in [0.15, 0.2) is 0 Å². The van der Waals surface area contributed by atoms with E-state index in [1.54, 1.807) is 0 Å². The van der Waals surface area contributed by atoms with E-state index in [1.807, 2.05) is 0 Å². The molecule has 0 amide bonds. The first-order chi connectivity index (χ1) is 14.4. The molecule has 0 bridgehead atoms. The van der Waals surface area contributed by atoms with Crippen LogP contribution in [0.1, 0.15) is 76.2 Å². The summed E-state index contributed by atoms with van der Waals surface area (Å²) in [5.74, 6) is 1.19. The third-order valence-electron chi connectivity index (χ3n) is 8.45. The van der Waals surface area contributed by atoms with E-state index in [-0.39, 0.29) is 5.54 Å². The van der Waals surface area contributed by atoms with Crippen LogP contribution in [0.25, 0.3) is 16.7 Å². The highest BCUT2D eigenvalue weighted by Crippen LogP contribution is 2.56. The molecular formula is C27H33N3. The minimum Gasteiger partial charge on any atom is -0.361 e. The number of aryl methyl sites for hydroxylation is 1. The molecule has 3 nitrogen and oxygen atoms in total. The largest absolute Gasteiger partial charge is 0.361 e. The predicted molar refractivity (Wildman–Crippen MR) is 125 cm³/mol. The standard InChI is InChI=1S/C27H33N3/c1-18-12-13-22-24(28-23-16-20-10-6-7-11-21(20)29(22)23)25(18)30-19(2)27(17-26(30,3)4)14-8-5-9-15-27/h6-7,10-13,19H,5,8-9,14-17H2,1-4H3. The fourth-order valence-corrected chi connectivity index (χ4v) is 7.26. The molecular weight excluding hydrogens is 366 g/mol. The van der Waals surface area contributed by atoms with Crippen LogP contribution < -0.4 is 4.90 Å². The highest BCUT2D eigenvalue weighted by molar-refractivity contribution is 5.94. The number of aromatic nitrogens is 2. The molecule has 1 saturated carbocycles. The third kappa shape index (κ3) is 2.35. The summed E-state index contributed by atoms with van der Waals surface area (Å²) in [6.45, 7) is 9.70. The molecule has 3 aromatic rings. The Kier molecular flexibility index (Phi) is 3.77. The van der Waals surface area contributed by atoms with Crippen molar-refractivity contribution >= 4 is 16.7 Å². The van der Waals surface area contributed by atoms with Crippen LogP contribution in [0.3, 0.4) is 0 Å². The van der Waals surface area contributed by atoms with Crippen molar-refractivity contribution in [1.29, 1.82) is 0 Å². The number of hydrogen-bond donors (Lipinski definition) is 0. The van der Waals surface area contributed by atoms with Gasteiger partial charge in [0.05, 0.1) is 16.9 Å². The maximum absolute atomic E-state index is 5.27. The van der Waals surface area contributed by atoms with Crippen molar-refractivity contribution in [1.82, 2.24) is 9.55 Å². The summed E-state index contributed by atoms with van der Waals surface area (Å²) in [4.78, 5) is 8.04. The van der Waals surface area contributed by atoms with E-state index >= 15 is 0 Å². The van der Waals surface area contributed by atoms with Crippen molar-refractivity contribution in [2.75, 3.05) is 4.90 Å². The number of anilines is 1. The van der Waals surface area contributed by atoms with Crippen LogP contribution in [0.5, 0.6) is 0 Å². The molecule has 1 unspecified atom stereocenters. The molecule has 2 aliphatic heterocycles. The van der Waals surface area contributed by atoms with Crippen LogP contribution in [0.2, 0.25) is 0 Å². The lowest BCUT2D eigenvalue weighted by Crippen LogP contribution is -2.44. The molecule has 1 aromatic heterocycles. The molecule has 1 atom stereocenters. The summed E-state index contributed by atoms with van der Waals surface area (Å²) in [6, 6.07) is 13.9. The number of benzene rings is 2. The van der Waals surface area contributed by atoms with Crippen LogP contribution >= 0.6 is 0 Å². The number of nitrogens with zero attached hydrogens (tertiary/aromatic N) is 3. The molecule has 1 aliphatic carbocycles. The van der Waals surface area contributed by atoms with Crippen molar-refractivity contribution < 1.29 is 0 Å². The molecule has 30 heavy (non-hydrogen) atoms. The van der Waals surface area contributed by atoms with E-state index in [0.29, 0.717) is 11.5 Å². The van der Waals surface area contributed by atoms with Gasteiger partial charge in [-0.2, -0.15) is 0 Å². The molecule has 156 valence electrons. The van der Waals surface area contributed by atoms with Crippen LogP contribution in [0, 0.1) is 12.3 Å². The maximum atomic E-state index is 5.27. The smallest absolute Gasteiger partial charge is 0.119 e. The molecule has 3 aliphatic rings. The second-order valence-electron chi connectivity index (χ2n) is 10.7. The Hall–Kier alpha value is -2.29. The Morgan fingerprint density at radius 2 is 1.77 bits per heavy atom. The zero-order valence-corrected chi connectivity index (χ0v) is 18.8. The van der Waals surface area contributed by atoms with Gasteiger partial charge >= 0.3 is 0 Å². The minimum absolute atomic E-state index is 0.155. The Labute approximate surface area is 180 Å². The van der Waals surface area contributed by atoms with Gasteiger partial charge in [0, 0.05) is 18.0 Å². The maximum Gasteiger partial charge on any atom is 0.119 e. The van der Waals surface area contributed by atoms with Gasteiger partial charge < -0.3 is 4.90 Å². The van der Waals surface area contributed by atoms with E-state index < -0.39 is 0 Å². The van der Waals surface area contributed by atoms with Gasteiger partial charge in [-0.15, -0.1) is 0 Å². The second-order valence-corrected chi connectivity index (χ2v) is 10.7. The van der Waals surface area contributed by atoms with Gasteiger partial charge in [-0.3, -0.25) is 4.57 Å². The molecule has 2 aromatic carbocycles. The van der Waals surface area contributed by atoms with E-state index in [0.717, 1.165) is 6.42 Å². The third-order valence-corrected chi connectivity index (χ3v) is 8.45. The fourth-order valence-electron chi connectivity index (χ4n) is 7.26. The lowest BCUT2D eigenvalue weighted by Gasteiger charge is -2.41. The second kappa shape index (κ2) is 6.12. The Morgan fingerprint density at radius 1 is 1.00 bits per heavy atom. The molecule has 0 radical (unpaired) electrons. The Bertz CT molecular complexity index is 1150. The van der Waals surface area contributed by atoms with Gasteiger partial charge in [-0.25, -0.2) is 4.98 Å². The summed E-state index contributed by atoms with van der Waals surface area (Å²) in [5.41, 5.74) is 8.53. The highest BCUT2D eigenvalue weighted by atomic mass is 15.3. The molecule has 1 saturated heterocycles. The topological polar surface area (TPSA) is 21.1 Å². The summed E-state index contributed by atoms with van der Waals surface area (Å²) in [5, 5.41) is 0. The zero-order valence-electron chi connectivity index (χ0n) is 18.8.